The highest BCUT2D eigenvalue weighted by molar-refractivity contribution is 9.10. The van der Waals surface area contributed by atoms with Gasteiger partial charge in [-0.2, -0.15) is 0 Å². The molecule has 0 saturated heterocycles. The monoisotopic (exact) mass is 396 g/mol. The molecule has 0 bridgehead atoms. The van der Waals surface area contributed by atoms with E-state index in [-0.39, 0.29) is 5.78 Å². The molecule has 0 unspecified atom stereocenters. The van der Waals surface area contributed by atoms with E-state index in [9.17, 15) is 4.79 Å². The molecule has 0 aromatic heterocycles. The van der Waals surface area contributed by atoms with Crippen molar-refractivity contribution in [3.63, 3.8) is 0 Å². The molecule has 2 rings (SSSR count). The second kappa shape index (κ2) is 6.10. The van der Waals surface area contributed by atoms with Crippen LogP contribution >= 0.6 is 31.9 Å². The van der Waals surface area contributed by atoms with Gasteiger partial charge in [-0.05, 0) is 55.3 Å². The Morgan fingerprint density at radius 1 is 1.00 bits per heavy atom. The Labute approximate surface area is 135 Å². The minimum Gasteiger partial charge on any atom is -0.496 e. The normalized spacial score (nSPS) is 10.4. The van der Waals surface area contributed by atoms with Crippen molar-refractivity contribution < 1.29 is 9.53 Å². The summed E-state index contributed by atoms with van der Waals surface area (Å²) in [5.41, 5.74) is 3.28. The van der Waals surface area contributed by atoms with Gasteiger partial charge in [-0.15, -0.1) is 0 Å². The molecule has 104 valence electrons. The molecule has 0 spiro atoms. The number of halogens is 2. The summed E-state index contributed by atoms with van der Waals surface area (Å²) >= 11 is 6.90. The predicted molar refractivity (Wildman–Crippen MR) is 87.7 cm³/mol. The van der Waals surface area contributed by atoms with Crippen LogP contribution in [0.2, 0.25) is 0 Å². The first-order chi connectivity index (χ1) is 9.43. The van der Waals surface area contributed by atoms with Crippen molar-refractivity contribution in [1.29, 1.82) is 0 Å². The van der Waals surface area contributed by atoms with Gasteiger partial charge in [0, 0.05) is 14.5 Å². The van der Waals surface area contributed by atoms with E-state index < -0.39 is 0 Å². The van der Waals surface area contributed by atoms with Gasteiger partial charge < -0.3 is 4.74 Å². The first-order valence-corrected chi connectivity index (χ1v) is 7.67. The Morgan fingerprint density at radius 2 is 1.65 bits per heavy atom. The van der Waals surface area contributed by atoms with E-state index in [0.717, 1.165) is 20.1 Å². The molecule has 0 amide bonds. The largest absolute Gasteiger partial charge is 0.496 e. The molecule has 0 N–H and O–H groups in total. The molecule has 0 aliphatic heterocycles. The van der Waals surface area contributed by atoms with E-state index in [4.69, 9.17) is 4.74 Å². The van der Waals surface area contributed by atoms with Crippen LogP contribution in [0.15, 0.2) is 39.3 Å². The summed E-state index contributed by atoms with van der Waals surface area (Å²) in [5.74, 6) is 0.550. The second-order valence-corrected chi connectivity index (χ2v) is 6.30. The van der Waals surface area contributed by atoms with Gasteiger partial charge in [0.05, 0.1) is 12.7 Å². The fraction of sp³-hybridized carbons (Fsp3) is 0.188. The smallest absolute Gasteiger partial charge is 0.196 e. The summed E-state index contributed by atoms with van der Waals surface area (Å²) in [6, 6.07) is 9.25. The molecule has 0 aliphatic carbocycles. The van der Waals surface area contributed by atoms with Gasteiger partial charge in [0.1, 0.15) is 5.75 Å². The zero-order chi connectivity index (χ0) is 14.9. The van der Waals surface area contributed by atoms with Gasteiger partial charge in [-0.3, -0.25) is 4.79 Å². The van der Waals surface area contributed by atoms with Crippen molar-refractivity contribution >= 4 is 37.6 Å². The summed E-state index contributed by atoms with van der Waals surface area (Å²) in [4.78, 5) is 12.6. The number of ketones is 1. The van der Waals surface area contributed by atoms with Gasteiger partial charge in [0.25, 0.3) is 0 Å². The lowest BCUT2D eigenvalue weighted by Crippen LogP contribution is -2.05. The van der Waals surface area contributed by atoms with Gasteiger partial charge >= 0.3 is 0 Å². The third-order valence-electron chi connectivity index (χ3n) is 3.15. The first-order valence-electron chi connectivity index (χ1n) is 6.09. The number of ether oxygens (including phenoxy) is 1. The van der Waals surface area contributed by atoms with Gasteiger partial charge in [0.15, 0.2) is 5.78 Å². The predicted octanol–water partition coefficient (Wildman–Crippen LogP) is 5.07. The average Bonchev–Trinajstić information content (AvgIpc) is 2.43. The number of methoxy groups -OCH3 is 1. The highest BCUT2D eigenvalue weighted by Crippen LogP contribution is 2.29. The highest BCUT2D eigenvalue weighted by atomic mass is 79.9. The lowest BCUT2D eigenvalue weighted by molar-refractivity contribution is 0.103. The van der Waals surface area contributed by atoms with Crippen molar-refractivity contribution in [3.8, 4) is 5.75 Å². The number of carbonyl (C=O) groups excluding carboxylic acids is 1. The maximum Gasteiger partial charge on any atom is 0.196 e. The molecule has 0 radical (unpaired) electrons. The van der Waals surface area contributed by atoms with Crippen molar-refractivity contribution in [2.45, 2.75) is 13.8 Å². The fourth-order valence-electron chi connectivity index (χ4n) is 1.94. The molecule has 20 heavy (non-hydrogen) atoms. The van der Waals surface area contributed by atoms with E-state index in [2.05, 4.69) is 31.9 Å². The standard InChI is InChI=1S/C16H14Br2O2/c1-9-6-11(4-5-13(9)17)16(19)12-8-14(18)10(2)7-15(12)20-3/h4-8H,1-3H3. The van der Waals surface area contributed by atoms with Gasteiger partial charge in [-0.25, -0.2) is 0 Å². The topological polar surface area (TPSA) is 26.3 Å². The quantitative estimate of drug-likeness (QED) is 0.676. The van der Waals surface area contributed by atoms with Crippen LogP contribution in [0.4, 0.5) is 0 Å². The molecule has 0 fully saturated rings. The van der Waals surface area contributed by atoms with E-state index in [0.29, 0.717) is 16.9 Å². The number of aryl methyl sites for hydroxylation is 2. The number of hydrogen-bond acceptors (Lipinski definition) is 2. The number of carbonyl (C=O) groups is 1. The Kier molecular flexibility index (Phi) is 4.66. The zero-order valence-electron chi connectivity index (χ0n) is 11.5. The van der Waals surface area contributed by atoms with Crippen molar-refractivity contribution in [2.24, 2.45) is 0 Å². The van der Waals surface area contributed by atoms with E-state index in [1.165, 1.54) is 0 Å². The minimum atomic E-state index is -0.0434. The molecule has 0 aliphatic rings. The minimum absolute atomic E-state index is 0.0434. The number of hydrogen-bond donors (Lipinski definition) is 0. The first kappa shape index (κ1) is 15.3. The van der Waals surface area contributed by atoms with Crippen LogP contribution in [0, 0.1) is 13.8 Å². The molecule has 0 saturated carbocycles. The van der Waals surface area contributed by atoms with Crippen LogP contribution in [0.25, 0.3) is 0 Å². The Balaban J connectivity index is 2.52. The lowest BCUT2D eigenvalue weighted by atomic mass is 10.00. The summed E-state index contributed by atoms with van der Waals surface area (Å²) in [6.07, 6.45) is 0. The number of benzene rings is 2. The SMILES string of the molecule is COc1cc(C)c(Br)cc1C(=O)c1ccc(Br)c(C)c1. The van der Waals surface area contributed by atoms with Crippen LogP contribution in [-0.2, 0) is 0 Å². The average molecular weight is 398 g/mol. The maximum absolute atomic E-state index is 12.6. The maximum atomic E-state index is 12.6. The van der Waals surface area contributed by atoms with Crippen LogP contribution < -0.4 is 4.74 Å². The van der Waals surface area contributed by atoms with E-state index in [1.54, 1.807) is 7.11 Å². The van der Waals surface area contributed by atoms with Crippen LogP contribution in [0.3, 0.4) is 0 Å². The van der Waals surface area contributed by atoms with E-state index in [1.807, 2.05) is 44.2 Å². The van der Waals surface area contributed by atoms with Crippen LogP contribution in [0.5, 0.6) is 5.75 Å². The molecule has 2 nitrogen and oxygen atoms in total. The zero-order valence-corrected chi connectivity index (χ0v) is 14.6. The highest BCUT2D eigenvalue weighted by Gasteiger charge is 2.16. The van der Waals surface area contributed by atoms with Gasteiger partial charge in [-0.1, -0.05) is 31.9 Å². The molecule has 0 heterocycles. The lowest BCUT2D eigenvalue weighted by Gasteiger charge is -2.11. The molecular formula is C16H14Br2O2. The Bertz CT molecular complexity index is 678. The third-order valence-corrected chi connectivity index (χ3v) is 4.89. The molecule has 4 heteroatoms. The second-order valence-electron chi connectivity index (χ2n) is 4.59. The molecular weight excluding hydrogens is 384 g/mol. The van der Waals surface area contributed by atoms with Crippen molar-refractivity contribution in [2.75, 3.05) is 7.11 Å². The summed E-state index contributed by atoms with van der Waals surface area (Å²) < 4.78 is 7.22. The fourth-order valence-corrected chi connectivity index (χ4v) is 2.53. The summed E-state index contributed by atoms with van der Waals surface area (Å²) in [6.45, 7) is 3.92. The Hall–Kier alpha value is -1.13. The summed E-state index contributed by atoms with van der Waals surface area (Å²) in [5, 5.41) is 0. The Morgan fingerprint density at radius 3 is 2.25 bits per heavy atom. The van der Waals surface area contributed by atoms with Gasteiger partial charge in [0.2, 0.25) is 0 Å². The van der Waals surface area contributed by atoms with Crippen molar-refractivity contribution in [1.82, 2.24) is 0 Å². The third kappa shape index (κ3) is 2.96. The van der Waals surface area contributed by atoms with Crippen LogP contribution in [0.1, 0.15) is 27.0 Å². The van der Waals surface area contributed by atoms with Crippen LogP contribution in [-0.4, -0.2) is 12.9 Å². The van der Waals surface area contributed by atoms with E-state index >= 15 is 0 Å². The molecule has 2 aromatic carbocycles. The molecule has 0 atom stereocenters. The number of rotatable bonds is 3. The molecule has 2 aromatic rings. The summed E-state index contributed by atoms with van der Waals surface area (Å²) in [7, 11) is 1.58. The van der Waals surface area contributed by atoms with Crippen molar-refractivity contribution in [3.05, 3.63) is 61.5 Å².